The maximum absolute atomic E-state index is 12.5. The Morgan fingerprint density at radius 1 is 1.00 bits per heavy atom. The van der Waals surface area contributed by atoms with Gasteiger partial charge in [0.2, 0.25) is 0 Å². The van der Waals surface area contributed by atoms with Gasteiger partial charge >= 0.3 is 0 Å². The predicted octanol–water partition coefficient (Wildman–Crippen LogP) is 3.04. The van der Waals surface area contributed by atoms with E-state index in [2.05, 4.69) is 29.2 Å². The summed E-state index contributed by atoms with van der Waals surface area (Å²) >= 11 is 0. The van der Waals surface area contributed by atoms with Gasteiger partial charge in [0.25, 0.3) is 5.91 Å². The fourth-order valence-electron chi connectivity index (χ4n) is 3.31. The first-order valence-electron chi connectivity index (χ1n) is 8.26. The first-order valence-corrected chi connectivity index (χ1v) is 8.26. The number of amides is 1. The summed E-state index contributed by atoms with van der Waals surface area (Å²) in [6.45, 7) is 3.42. The van der Waals surface area contributed by atoms with Gasteiger partial charge in [-0.3, -0.25) is 4.79 Å². The first-order chi connectivity index (χ1) is 11.7. The second-order valence-electron chi connectivity index (χ2n) is 6.13. The van der Waals surface area contributed by atoms with E-state index in [0.717, 1.165) is 48.7 Å². The lowest BCUT2D eigenvalue weighted by Gasteiger charge is -2.28. The van der Waals surface area contributed by atoms with Crippen molar-refractivity contribution in [2.45, 2.75) is 0 Å². The number of likely N-dealkylation sites (N-methyl/N-ethyl adjacent to an activating group) is 1. The molecule has 24 heavy (non-hydrogen) atoms. The quantitative estimate of drug-likeness (QED) is 0.797. The van der Waals surface area contributed by atoms with Crippen molar-refractivity contribution in [2.24, 2.45) is 0 Å². The van der Waals surface area contributed by atoms with Crippen LogP contribution in [0.2, 0.25) is 0 Å². The van der Waals surface area contributed by atoms with E-state index in [1.165, 1.54) is 5.69 Å². The van der Waals surface area contributed by atoms with Crippen LogP contribution in [-0.2, 0) is 9.53 Å². The molecule has 0 atom stereocenters. The summed E-state index contributed by atoms with van der Waals surface area (Å²) in [6.07, 6.45) is 1.98. The Morgan fingerprint density at radius 2 is 1.71 bits per heavy atom. The standard InChI is InChI=1S/C20H20N2O2/c1-21-19-5-3-2-4-17(19)18(20(21)23)14-15-6-8-16(9-7-15)22-10-12-24-13-11-22/h2-9,14H,10-13H2,1H3. The Balaban J connectivity index is 1.63. The Morgan fingerprint density at radius 3 is 2.46 bits per heavy atom. The van der Waals surface area contributed by atoms with E-state index in [0.29, 0.717) is 0 Å². The normalized spacial score (nSPS) is 19.0. The third-order valence-electron chi connectivity index (χ3n) is 4.67. The number of hydrogen-bond donors (Lipinski definition) is 0. The number of carbonyl (C=O) groups is 1. The molecule has 2 aromatic carbocycles. The highest BCUT2D eigenvalue weighted by Gasteiger charge is 2.28. The molecule has 122 valence electrons. The predicted molar refractivity (Wildman–Crippen MR) is 97.2 cm³/mol. The molecule has 4 heteroatoms. The summed E-state index contributed by atoms with van der Waals surface area (Å²) in [5.74, 6) is 0.0495. The van der Waals surface area contributed by atoms with Crippen LogP contribution in [0.4, 0.5) is 11.4 Å². The molecule has 4 nitrogen and oxygen atoms in total. The minimum Gasteiger partial charge on any atom is -0.378 e. The largest absolute Gasteiger partial charge is 0.378 e. The molecule has 2 aliphatic heterocycles. The summed E-state index contributed by atoms with van der Waals surface area (Å²) < 4.78 is 5.40. The highest BCUT2D eigenvalue weighted by Crippen LogP contribution is 2.36. The van der Waals surface area contributed by atoms with Crippen molar-refractivity contribution in [3.63, 3.8) is 0 Å². The van der Waals surface area contributed by atoms with Gasteiger partial charge in [-0.1, -0.05) is 30.3 Å². The summed E-state index contributed by atoms with van der Waals surface area (Å²) in [5.41, 5.74) is 4.98. The number of morpholine rings is 1. The monoisotopic (exact) mass is 320 g/mol. The van der Waals surface area contributed by atoms with E-state index in [1.807, 2.05) is 37.4 Å². The fraction of sp³-hybridized carbons (Fsp3) is 0.250. The third kappa shape index (κ3) is 2.59. The van der Waals surface area contributed by atoms with Crippen LogP contribution in [0.25, 0.3) is 11.6 Å². The van der Waals surface area contributed by atoms with E-state index in [4.69, 9.17) is 4.74 Å². The SMILES string of the molecule is CN1C(=O)C(=Cc2ccc(N3CCOCC3)cc2)c2ccccc21. The van der Waals surface area contributed by atoms with Gasteiger partial charge in [0.05, 0.1) is 18.9 Å². The summed E-state index contributed by atoms with van der Waals surface area (Å²) in [7, 11) is 1.82. The molecule has 2 aromatic rings. The second kappa shape index (κ2) is 6.13. The van der Waals surface area contributed by atoms with Crippen molar-refractivity contribution in [3.8, 4) is 0 Å². The second-order valence-corrected chi connectivity index (χ2v) is 6.13. The molecule has 4 rings (SSSR count). The molecule has 0 aromatic heterocycles. The van der Waals surface area contributed by atoms with Gasteiger partial charge in [-0.15, -0.1) is 0 Å². The summed E-state index contributed by atoms with van der Waals surface area (Å²) in [6, 6.07) is 16.3. The van der Waals surface area contributed by atoms with Gasteiger partial charge in [0, 0.05) is 37.0 Å². The summed E-state index contributed by atoms with van der Waals surface area (Å²) in [5, 5.41) is 0. The maximum Gasteiger partial charge on any atom is 0.258 e. The Bertz CT molecular complexity index is 790. The van der Waals surface area contributed by atoms with E-state index < -0.39 is 0 Å². The van der Waals surface area contributed by atoms with Gasteiger partial charge in [0.15, 0.2) is 0 Å². The number of benzene rings is 2. The first kappa shape index (κ1) is 15.0. The van der Waals surface area contributed by atoms with Crippen LogP contribution in [-0.4, -0.2) is 39.3 Å². The Labute approximate surface area is 142 Å². The average Bonchev–Trinajstić information content (AvgIpc) is 2.88. The topological polar surface area (TPSA) is 32.8 Å². The zero-order valence-corrected chi connectivity index (χ0v) is 13.7. The van der Waals surface area contributed by atoms with Gasteiger partial charge in [-0.25, -0.2) is 0 Å². The molecule has 0 aliphatic carbocycles. The molecule has 0 saturated carbocycles. The van der Waals surface area contributed by atoms with Crippen LogP contribution in [0.15, 0.2) is 48.5 Å². The number of nitrogens with zero attached hydrogens (tertiary/aromatic N) is 2. The molecule has 2 heterocycles. The minimum atomic E-state index is 0.0495. The molecular formula is C20H20N2O2. The van der Waals surface area contributed by atoms with Crippen LogP contribution in [0.1, 0.15) is 11.1 Å². The highest BCUT2D eigenvalue weighted by atomic mass is 16.5. The zero-order valence-electron chi connectivity index (χ0n) is 13.7. The zero-order chi connectivity index (χ0) is 16.5. The number of rotatable bonds is 2. The number of ether oxygens (including phenoxy) is 1. The third-order valence-corrected chi connectivity index (χ3v) is 4.67. The van der Waals surface area contributed by atoms with E-state index in [-0.39, 0.29) is 5.91 Å². The lowest BCUT2D eigenvalue weighted by atomic mass is 10.0. The number of carbonyl (C=O) groups excluding carboxylic acids is 1. The van der Waals surface area contributed by atoms with Gasteiger partial charge in [0.1, 0.15) is 0 Å². The highest BCUT2D eigenvalue weighted by molar-refractivity contribution is 6.35. The van der Waals surface area contributed by atoms with Crippen LogP contribution < -0.4 is 9.80 Å². The molecule has 2 aliphatic rings. The molecule has 0 radical (unpaired) electrons. The van der Waals surface area contributed by atoms with Crippen molar-refractivity contribution in [2.75, 3.05) is 43.2 Å². The van der Waals surface area contributed by atoms with Gasteiger partial charge in [-0.2, -0.15) is 0 Å². The lowest BCUT2D eigenvalue weighted by Crippen LogP contribution is -2.36. The molecule has 1 fully saturated rings. The van der Waals surface area contributed by atoms with E-state index in [1.54, 1.807) is 4.90 Å². The van der Waals surface area contributed by atoms with Gasteiger partial charge in [-0.05, 0) is 29.8 Å². The van der Waals surface area contributed by atoms with Crippen LogP contribution in [0.3, 0.4) is 0 Å². The molecule has 0 bridgehead atoms. The van der Waals surface area contributed by atoms with E-state index in [9.17, 15) is 4.79 Å². The number of fused-ring (bicyclic) bond motifs is 1. The van der Waals surface area contributed by atoms with Crippen LogP contribution in [0, 0.1) is 0 Å². The summed E-state index contributed by atoms with van der Waals surface area (Å²) in [4.78, 5) is 16.6. The smallest absolute Gasteiger partial charge is 0.258 e. The van der Waals surface area contributed by atoms with Crippen molar-refractivity contribution >= 4 is 28.9 Å². The number of para-hydroxylation sites is 1. The Hall–Kier alpha value is -2.59. The molecule has 0 spiro atoms. The molecule has 0 N–H and O–H groups in total. The van der Waals surface area contributed by atoms with E-state index >= 15 is 0 Å². The average molecular weight is 320 g/mol. The van der Waals surface area contributed by atoms with Crippen molar-refractivity contribution in [1.82, 2.24) is 0 Å². The van der Waals surface area contributed by atoms with Gasteiger partial charge < -0.3 is 14.5 Å². The molecule has 1 saturated heterocycles. The van der Waals surface area contributed by atoms with Crippen LogP contribution in [0.5, 0.6) is 0 Å². The lowest BCUT2D eigenvalue weighted by molar-refractivity contribution is -0.112. The van der Waals surface area contributed by atoms with Crippen molar-refractivity contribution in [1.29, 1.82) is 0 Å². The van der Waals surface area contributed by atoms with Crippen LogP contribution >= 0.6 is 0 Å². The number of hydrogen-bond acceptors (Lipinski definition) is 3. The molecule has 1 amide bonds. The Kier molecular flexibility index (Phi) is 3.82. The number of anilines is 2. The molecule has 0 unspecified atom stereocenters. The minimum absolute atomic E-state index is 0.0495. The fourth-order valence-corrected chi connectivity index (χ4v) is 3.31. The van der Waals surface area contributed by atoms with Crippen molar-refractivity contribution < 1.29 is 9.53 Å². The molecular weight excluding hydrogens is 300 g/mol. The van der Waals surface area contributed by atoms with Crippen molar-refractivity contribution in [3.05, 3.63) is 59.7 Å². The maximum atomic E-state index is 12.5.